The fourth-order valence-corrected chi connectivity index (χ4v) is 1.65. The van der Waals surface area contributed by atoms with Crippen LogP contribution in [0.5, 0.6) is 0 Å². The maximum atomic E-state index is 5.88. The molecule has 0 aromatic carbocycles. The predicted molar refractivity (Wildman–Crippen MR) is 47.7 cm³/mol. The molecule has 0 aliphatic carbocycles. The summed E-state index contributed by atoms with van der Waals surface area (Å²) in [7, 11) is 0. The Hall–Kier alpha value is -0.800. The van der Waals surface area contributed by atoms with Crippen molar-refractivity contribution in [1.82, 2.24) is 14.4 Å². The van der Waals surface area contributed by atoms with Crippen LogP contribution in [0, 0.1) is 6.92 Å². The molecule has 0 amide bonds. The van der Waals surface area contributed by atoms with E-state index < -0.39 is 0 Å². The smallest absolute Gasteiger partial charge is 0.156 e. The quantitative estimate of drug-likeness (QED) is 0.656. The first-order valence-corrected chi connectivity index (χ1v) is 4.10. The summed E-state index contributed by atoms with van der Waals surface area (Å²) < 4.78 is 1.75. The zero-order valence-electron chi connectivity index (χ0n) is 6.25. The average Bonchev–Trinajstić information content (AvgIpc) is 2.29. The number of rotatable bonds is 0. The molecule has 3 nitrogen and oxygen atoms in total. The second-order valence-electron chi connectivity index (χ2n) is 2.40. The number of aryl methyl sites for hydroxylation is 1. The Kier molecular flexibility index (Phi) is 1.70. The number of imidazole rings is 1. The Labute approximate surface area is 79.0 Å². The molecule has 0 atom stereocenters. The maximum Gasteiger partial charge on any atom is 0.156 e. The molecule has 12 heavy (non-hydrogen) atoms. The predicted octanol–water partition coefficient (Wildman–Crippen LogP) is 2.34. The lowest BCUT2D eigenvalue weighted by Crippen LogP contribution is -1.90. The summed E-state index contributed by atoms with van der Waals surface area (Å²) in [4.78, 5) is 7.96. The highest BCUT2D eigenvalue weighted by atomic mass is 35.5. The van der Waals surface area contributed by atoms with Crippen molar-refractivity contribution in [2.45, 2.75) is 6.92 Å². The van der Waals surface area contributed by atoms with Crippen LogP contribution >= 0.6 is 23.2 Å². The van der Waals surface area contributed by atoms with Crippen LogP contribution < -0.4 is 0 Å². The second kappa shape index (κ2) is 2.61. The number of hydrogen-bond acceptors (Lipinski definition) is 2. The van der Waals surface area contributed by atoms with Gasteiger partial charge >= 0.3 is 0 Å². The first-order valence-electron chi connectivity index (χ1n) is 3.34. The average molecular weight is 202 g/mol. The summed E-state index contributed by atoms with van der Waals surface area (Å²) in [6.07, 6.45) is 3.19. The lowest BCUT2D eigenvalue weighted by molar-refractivity contribution is 1.03. The van der Waals surface area contributed by atoms with Gasteiger partial charge in [0.2, 0.25) is 0 Å². The van der Waals surface area contributed by atoms with Gasteiger partial charge in [0, 0.05) is 0 Å². The van der Waals surface area contributed by atoms with Crippen molar-refractivity contribution in [3.8, 4) is 0 Å². The SMILES string of the molecule is Cc1nc(Cl)c2cncc(Cl)n12. The molecule has 0 N–H and O–H groups in total. The molecule has 2 aromatic rings. The third-order valence-electron chi connectivity index (χ3n) is 1.63. The van der Waals surface area contributed by atoms with Crippen molar-refractivity contribution in [2.24, 2.45) is 0 Å². The molecule has 2 heterocycles. The zero-order valence-corrected chi connectivity index (χ0v) is 7.76. The first kappa shape index (κ1) is 7.83. The lowest BCUT2D eigenvalue weighted by atomic mass is 10.6. The minimum Gasteiger partial charge on any atom is -0.283 e. The zero-order chi connectivity index (χ0) is 8.72. The second-order valence-corrected chi connectivity index (χ2v) is 3.15. The number of aromatic nitrogens is 3. The maximum absolute atomic E-state index is 5.88. The van der Waals surface area contributed by atoms with Gasteiger partial charge in [0.25, 0.3) is 0 Å². The van der Waals surface area contributed by atoms with Crippen LogP contribution in [0.3, 0.4) is 0 Å². The summed E-state index contributed by atoms with van der Waals surface area (Å²) in [5.41, 5.74) is 0.738. The van der Waals surface area contributed by atoms with Gasteiger partial charge in [-0.25, -0.2) is 4.98 Å². The van der Waals surface area contributed by atoms with Gasteiger partial charge in [-0.05, 0) is 6.92 Å². The fourth-order valence-electron chi connectivity index (χ4n) is 1.12. The van der Waals surface area contributed by atoms with E-state index in [9.17, 15) is 0 Å². The Morgan fingerprint density at radius 1 is 1.33 bits per heavy atom. The van der Waals surface area contributed by atoms with Crippen LogP contribution in [0.25, 0.3) is 5.52 Å². The minimum absolute atomic E-state index is 0.433. The van der Waals surface area contributed by atoms with Gasteiger partial charge in [-0.1, -0.05) is 23.2 Å². The summed E-state index contributed by atoms with van der Waals surface area (Å²) in [5.74, 6) is 0.766. The third kappa shape index (κ3) is 0.974. The van der Waals surface area contributed by atoms with Crippen molar-refractivity contribution in [3.05, 3.63) is 28.5 Å². The number of hydrogen-bond donors (Lipinski definition) is 0. The molecule has 0 saturated carbocycles. The monoisotopic (exact) mass is 201 g/mol. The van der Waals surface area contributed by atoms with Crippen LogP contribution in [0.1, 0.15) is 5.82 Å². The van der Waals surface area contributed by atoms with Gasteiger partial charge in [-0.15, -0.1) is 0 Å². The van der Waals surface area contributed by atoms with Gasteiger partial charge in [0.15, 0.2) is 5.15 Å². The van der Waals surface area contributed by atoms with E-state index in [0.717, 1.165) is 11.3 Å². The van der Waals surface area contributed by atoms with Crippen molar-refractivity contribution in [3.63, 3.8) is 0 Å². The molecule has 2 rings (SSSR count). The molecule has 0 unspecified atom stereocenters. The highest BCUT2D eigenvalue weighted by molar-refractivity contribution is 6.33. The molecule has 0 radical (unpaired) electrons. The molecular formula is C7H5Cl2N3. The Morgan fingerprint density at radius 3 is 2.75 bits per heavy atom. The van der Waals surface area contributed by atoms with Crippen LogP contribution in [-0.4, -0.2) is 14.4 Å². The van der Waals surface area contributed by atoms with Crippen molar-refractivity contribution in [1.29, 1.82) is 0 Å². The van der Waals surface area contributed by atoms with Crippen molar-refractivity contribution < 1.29 is 0 Å². The van der Waals surface area contributed by atoms with E-state index >= 15 is 0 Å². The Morgan fingerprint density at radius 2 is 2.08 bits per heavy atom. The standard InChI is InChI=1S/C7H5Cl2N3/c1-4-11-7(9)5-2-10-3-6(8)12(4)5/h2-3H,1H3. The van der Waals surface area contributed by atoms with Gasteiger partial charge in [-0.3, -0.25) is 9.38 Å². The van der Waals surface area contributed by atoms with Crippen molar-refractivity contribution in [2.75, 3.05) is 0 Å². The summed E-state index contributed by atoms with van der Waals surface area (Å²) >= 11 is 11.7. The van der Waals surface area contributed by atoms with Gasteiger partial charge < -0.3 is 0 Å². The van der Waals surface area contributed by atoms with Gasteiger partial charge in [0.05, 0.1) is 12.4 Å². The topological polar surface area (TPSA) is 30.2 Å². The minimum atomic E-state index is 0.433. The van der Waals surface area contributed by atoms with E-state index in [1.807, 2.05) is 6.92 Å². The molecular weight excluding hydrogens is 197 g/mol. The highest BCUT2D eigenvalue weighted by Gasteiger charge is 2.07. The Bertz CT molecular complexity index is 435. The first-order chi connectivity index (χ1) is 5.70. The molecule has 0 saturated heterocycles. The van der Waals surface area contributed by atoms with Crippen LogP contribution in [0.15, 0.2) is 12.4 Å². The summed E-state index contributed by atoms with van der Waals surface area (Å²) in [6, 6.07) is 0. The van der Waals surface area contributed by atoms with Gasteiger partial charge in [-0.2, -0.15) is 0 Å². The van der Waals surface area contributed by atoms with E-state index in [4.69, 9.17) is 23.2 Å². The van der Waals surface area contributed by atoms with Crippen LogP contribution in [0.4, 0.5) is 0 Å². The number of fused-ring (bicyclic) bond motifs is 1. The van der Waals surface area contributed by atoms with E-state index in [1.165, 1.54) is 0 Å². The molecule has 5 heteroatoms. The van der Waals surface area contributed by atoms with Crippen LogP contribution in [0.2, 0.25) is 10.3 Å². The van der Waals surface area contributed by atoms with E-state index in [0.29, 0.717) is 10.3 Å². The lowest BCUT2D eigenvalue weighted by Gasteiger charge is -1.96. The van der Waals surface area contributed by atoms with E-state index in [-0.39, 0.29) is 0 Å². The molecule has 62 valence electrons. The normalized spacial score (nSPS) is 10.9. The number of nitrogens with zero attached hydrogens (tertiary/aromatic N) is 3. The summed E-state index contributed by atoms with van der Waals surface area (Å²) in [5, 5.41) is 0.951. The van der Waals surface area contributed by atoms with Crippen LogP contribution in [-0.2, 0) is 0 Å². The summed E-state index contributed by atoms with van der Waals surface area (Å²) in [6.45, 7) is 1.84. The van der Waals surface area contributed by atoms with Crippen molar-refractivity contribution >= 4 is 28.7 Å². The van der Waals surface area contributed by atoms with E-state index in [2.05, 4.69) is 9.97 Å². The third-order valence-corrected chi connectivity index (χ3v) is 2.17. The molecule has 0 spiro atoms. The number of halogens is 2. The largest absolute Gasteiger partial charge is 0.283 e. The van der Waals surface area contributed by atoms with Gasteiger partial charge in [0.1, 0.15) is 16.5 Å². The Balaban J connectivity index is 2.99. The molecule has 0 fully saturated rings. The molecule has 0 bridgehead atoms. The van der Waals surface area contributed by atoms with E-state index in [1.54, 1.807) is 16.8 Å². The molecule has 0 aliphatic rings. The molecule has 2 aromatic heterocycles. The highest BCUT2D eigenvalue weighted by Crippen LogP contribution is 2.20. The fraction of sp³-hybridized carbons (Fsp3) is 0.143. The molecule has 0 aliphatic heterocycles.